The molecule has 0 bridgehead atoms. The van der Waals surface area contributed by atoms with Crippen LogP contribution in [0.4, 0.5) is 4.39 Å². The van der Waals surface area contributed by atoms with Crippen LogP contribution in [0.2, 0.25) is 0 Å². The second kappa shape index (κ2) is 5.48. The van der Waals surface area contributed by atoms with Crippen molar-refractivity contribution >= 4 is 27.8 Å². The van der Waals surface area contributed by atoms with Crippen molar-refractivity contribution in [3.05, 3.63) is 45.7 Å². The fourth-order valence-corrected chi connectivity index (χ4v) is 2.90. The standard InChI is InChI=1S/C13H10BrFN4O3/c14-9-10(13(21)22)17-19-5-4-18(12(20)11(9)19)6-8-7(15)2-1-3-16-8/h1-3H,4-6H2,(H,21,22). The van der Waals surface area contributed by atoms with Gasteiger partial charge in [-0.15, -0.1) is 0 Å². The summed E-state index contributed by atoms with van der Waals surface area (Å²) in [6.07, 6.45) is 1.45. The third kappa shape index (κ3) is 2.37. The molecule has 0 aromatic carbocycles. The van der Waals surface area contributed by atoms with Gasteiger partial charge in [-0.25, -0.2) is 9.18 Å². The number of carbonyl (C=O) groups is 2. The number of hydrogen-bond donors (Lipinski definition) is 1. The molecule has 1 aliphatic rings. The van der Waals surface area contributed by atoms with Crippen LogP contribution in [0, 0.1) is 5.82 Å². The number of aromatic carboxylic acids is 1. The van der Waals surface area contributed by atoms with E-state index in [9.17, 15) is 14.0 Å². The van der Waals surface area contributed by atoms with Gasteiger partial charge in [0.05, 0.1) is 23.3 Å². The minimum Gasteiger partial charge on any atom is -0.476 e. The average molecular weight is 369 g/mol. The van der Waals surface area contributed by atoms with Crippen LogP contribution >= 0.6 is 15.9 Å². The molecule has 0 fully saturated rings. The van der Waals surface area contributed by atoms with E-state index >= 15 is 0 Å². The topological polar surface area (TPSA) is 88.3 Å². The van der Waals surface area contributed by atoms with Crippen molar-refractivity contribution in [1.29, 1.82) is 0 Å². The zero-order chi connectivity index (χ0) is 15.9. The van der Waals surface area contributed by atoms with Gasteiger partial charge in [0.1, 0.15) is 11.5 Å². The number of hydrogen-bond acceptors (Lipinski definition) is 4. The average Bonchev–Trinajstić information content (AvgIpc) is 2.82. The van der Waals surface area contributed by atoms with E-state index in [1.165, 1.54) is 27.9 Å². The number of carboxylic acids is 1. The lowest BCUT2D eigenvalue weighted by molar-refractivity contribution is 0.0668. The van der Waals surface area contributed by atoms with Crippen LogP contribution in [0.3, 0.4) is 0 Å². The van der Waals surface area contributed by atoms with Gasteiger partial charge < -0.3 is 10.0 Å². The summed E-state index contributed by atoms with van der Waals surface area (Å²) in [5, 5.41) is 12.9. The molecule has 114 valence electrons. The van der Waals surface area contributed by atoms with Crippen molar-refractivity contribution < 1.29 is 19.1 Å². The summed E-state index contributed by atoms with van der Waals surface area (Å²) >= 11 is 3.10. The van der Waals surface area contributed by atoms with Gasteiger partial charge in [0.25, 0.3) is 5.91 Å². The molecule has 1 amide bonds. The van der Waals surface area contributed by atoms with E-state index in [4.69, 9.17) is 5.11 Å². The molecule has 1 N–H and O–H groups in total. The Morgan fingerprint density at radius 3 is 2.91 bits per heavy atom. The van der Waals surface area contributed by atoms with Crippen molar-refractivity contribution in [1.82, 2.24) is 19.7 Å². The van der Waals surface area contributed by atoms with E-state index in [1.54, 1.807) is 0 Å². The highest BCUT2D eigenvalue weighted by Crippen LogP contribution is 2.26. The summed E-state index contributed by atoms with van der Waals surface area (Å²) < 4.78 is 15.1. The predicted octanol–water partition coefficient (Wildman–Crippen LogP) is 1.53. The Bertz CT molecular complexity index is 777. The molecule has 0 radical (unpaired) electrons. The Morgan fingerprint density at radius 1 is 1.45 bits per heavy atom. The van der Waals surface area contributed by atoms with E-state index in [2.05, 4.69) is 26.0 Å². The first kappa shape index (κ1) is 14.6. The SMILES string of the molecule is O=C(O)c1nn2c(c1Br)C(=O)N(Cc1ncccc1F)CC2. The number of halogens is 2. The number of nitrogens with zero attached hydrogens (tertiary/aromatic N) is 4. The second-order valence-electron chi connectivity index (χ2n) is 4.70. The highest BCUT2D eigenvalue weighted by atomic mass is 79.9. The minimum atomic E-state index is -1.22. The Kier molecular flexibility index (Phi) is 3.65. The number of aromatic nitrogens is 3. The molecule has 2 aromatic rings. The molecular formula is C13H10BrFN4O3. The van der Waals surface area contributed by atoms with Gasteiger partial charge in [0, 0.05) is 12.7 Å². The first-order valence-corrected chi connectivity index (χ1v) is 7.16. The molecular weight excluding hydrogens is 359 g/mol. The van der Waals surface area contributed by atoms with Crippen LogP contribution in [-0.2, 0) is 13.1 Å². The third-order valence-corrected chi connectivity index (χ3v) is 4.10. The lowest BCUT2D eigenvalue weighted by atomic mass is 10.2. The molecule has 2 aromatic heterocycles. The van der Waals surface area contributed by atoms with Crippen LogP contribution in [0.15, 0.2) is 22.8 Å². The zero-order valence-electron chi connectivity index (χ0n) is 11.2. The van der Waals surface area contributed by atoms with E-state index < -0.39 is 17.7 Å². The fraction of sp³-hybridized carbons (Fsp3) is 0.231. The summed E-state index contributed by atoms with van der Waals surface area (Å²) in [4.78, 5) is 28.9. The van der Waals surface area contributed by atoms with Crippen molar-refractivity contribution in [3.8, 4) is 0 Å². The number of pyridine rings is 1. The number of carboxylic acid groups (broad SMARTS) is 1. The molecule has 3 heterocycles. The Morgan fingerprint density at radius 2 is 2.23 bits per heavy atom. The number of carbonyl (C=O) groups excluding carboxylic acids is 1. The molecule has 22 heavy (non-hydrogen) atoms. The highest BCUT2D eigenvalue weighted by molar-refractivity contribution is 9.10. The smallest absolute Gasteiger partial charge is 0.357 e. The van der Waals surface area contributed by atoms with Gasteiger partial charge in [0.2, 0.25) is 0 Å². The molecule has 1 aliphatic heterocycles. The van der Waals surface area contributed by atoms with Crippen molar-refractivity contribution in [2.75, 3.05) is 6.54 Å². The van der Waals surface area contributed by atoms with Crippen molar-refractivity contribution in [3.63, 3.8) is 0 Å². The largest absolute Gasteiger partial charge is 0.476 e. The van der Waals surface area contributed by atoms with Crippen LogP contribution < -0.4 is 0 Å². The van der Waals surface area contributed by atoms with Crippen molar-refractivity contribution in [2.24, 2.45) is 0 Å². The number of amides is 1. The molecule has 0 atom stereocenters. The van der Waals surface area contributed by atoms with E-state index in [0.29, 0.717) is 13.1 Å². The molecule has 7 nitrogen and oxygen atoms in total. The first-order valence-electron chi connectivity index (χ1n) is 6.37. The van der Waals surface area contributed by atoms with Gasteiger partial charge in [-0.2, -0.15) is 5.10 Å². The third-order valence-electron chi connectivity index (χ3n) is 3.34. The van der Waals surface area contributed by atoms with Crippen LogP contribution in [0.5, 0.6) is 0 Å². The Balaban J connectivity index is 1.92. The van der Waals surface area contributed by atoms with E-state index in [0.717, 1.165) is 0 Å². The minimum absolute atomic E-state index is 0.0194. The Labute approximate surface area is 132 Å². The van der Waals surface area contributed by atoms with Crippen molar-refractivity contribution in [2.45, 2.75) is 13.1 Å². The summed E-state index contributed by atoms with van der Waals surface area (Å²) in [7, 11) is 0. The normalized spacial score (nSPS) is 14.1. The molecule has 0 saturated carbocycles. The maximum atomic E-state index is 13.7. The van der Waals surface area contributed by atoms with Gasteiger partial charge in [-0.05, 0) is 28.1 Å². The fourth-order valence-electron chi connectivity index (χ4n) is 2.28. The van der Waals surface area contributed by atoms with Gasteiger partial charge in [-0.1, -0.05) is 0 Å². The van der Waals surface area contributed by atoms with Gasteiger partial charge in [0.15, 0.2) is 5.69 Å². The maximum Gasteiger partial charge on any atom is 0.357 e. The van der Waals surface area contributed by atoms with Crippen LogP contribution in [0.1, 0.15) is 26.7 Å². The monoisotopic (exact) mass is 368 g/mol. The number of rotatable bonds is 3. The van der Waals surface area contributed by atoms with E-state index in [1.807, 2.05) is 0 Å². The summed E-state index contributed by atoms with van der Waals surface area (Å²) in [6, 6.07) is 2.75. The maximum absolute atomic E-state index is 13.7. The molecule has 0 aliphatic carbocycles. The molecule has 0 spiro atoms. The summed E-state index contributed by atoms with van der Waals surface area (Å²) in [5.41, 5.74) is 0.104. The molecule has 0 saturated heterocycles. The summed E-state index contributed by atoms with van der Waals surface area (Å²) in [5.74, 6) is -2.12. The zero-order valence-corrected chi connectivity index (χ0v) is 12.7. The predicted molar refractivity (Wildman–Crippen MR) is 75.8 cm³/mol. The molecule has 3 rings (SSSR count). The van der Waals surface area contributed by atoms with Crippen LogP contribution in [-0.4, -0.2) is 43.2 Å². The second-order valence-corrected chi connectivity index (χ2v) is 5.49. The lowest BCUT2D eigenvalue weighted by Crippen LogP contribution is -2.40. The first-order chi connectivity index (χ1) is 10.5. The summed E-state index contributed by atoms with van der Waals surface area (Å²) in [6.45, 7) is 0.655. The molecule has 0 unspecified atom stereocenters. The lowest BCUT2D eigenvalue weighted by Gasteiger charge is -2.27. The van der Waals surface area contributed by atoms with Gasteiger partial charge >= 0.3 is 5.97 Å². The number of fused-ring (bicyclic) bond motifs is 1. The quantitative estimate of drug-likeness (QED) is 0.887. The molecule has 9 heteroatoms. The Hall–Kier alpha value is -2.29. The van der Waals surface area contributed by atoms with E-state index in [-0.39, 0.29) is 28.1 Å². The van der Waals surface area contributed by atoms with Crippen LogP contribution in [0.25, 0.3) is 0 Å². The highest BCUT2D eigenvalue weighted by Gasteiger charge is 2.32. The van der Waals surface area contributed by atoms with Gasteiger partial charge in [-0.3, -0.25) is 14.5 Å².